The van der Waals surface area contributed by atoms with Gasteiger partial charge in [0.15, 0.2) is 0 Å². The van der Waals surface area contributed by atoms with Crippen LogP contribution in [0, 0.1) is 0 Å². The molecule has 0 saturated carbocycles. The summed E-state index contributed by atoms with van der Waals surface area (Å²) in [4.78, 5) is 20.0. The molecule has 1 aliphatic heterocycles. The van der Waals surface area contributed by atoms with Crippen LogP contribution in [0.15, 0.2) is 83.3 Å². The van der Waals surface area contributed by atoms with Gasteiger partial charge in [0.1, 0.15) is 11.5 Å². The number of anilines is 1. The third-order valence-corrected chi connectivity index (χ3v) is 6.76. The van der Waals surface area contributed by atoms with Crippen molar-refractivity contribution in [2.45, 2.75) is 38.6 Å². The monoisotopic (exact) mass is 499 g/mol. The van der Waals surface area contributed by atoms with Crippen molar-refractivity contribution in [1.82, 2.24) is 9.88 Å². The summed E-state index contributed by atoms with van der Waals surface area (Å²) in [7, 11) is 0. The Labute approximate surface area is 217 Å². The molecular formula is C30H30ClN3O2. The molecule has 1 aliphatic rings. The molecule has 0 radical (unpaired) electrons. The van der Waals surface area contributed by atoms with E-state index in [-0.39, 0.29) is 5.91 Å². The van der Waals surface area contributed by atoms with Gasteiger partial charge >= 0.3 is 0 Å². The summed E-state index contributed by atoms with van der Waals surface area (Å²) in [6.45, 7) is 3.31. The second kappa shape index (κ2) is 11.5. The van der Waals surface area contributed by atoms with Crippen LogP contribution in [0.4, 0.5) is 5.69 Å². The molecule has 36 heavy (non-hydrogen) atoms. The average Bonchev–Trinajstić information content (AvgIpc) is 3.34. The minimum atomic E-state index is -0.0569. The summed E-state index contributed by atoms with van der Waals surface area (Å²) in [6.07, 6.45) is 4.64. The summed E-state index contributed by atoms with van der Waals surface area (Å²) < 4.78 is 6.15. The molecule has 1 aromatic heterocycles. The van der Waals surface area contributed by atoms with Crippen molar-refractivity contribution in [1.29, 1.82) is 0 Å². The van der Waals surface area contributed by atoms with Crippen molar-refractivity contribution in [2.24, 2.45) is 0 Å². The van der Waals surface area contributed by atoms with Gasteiger partial charge in [-0.25, -0.2) is 4.98 Å². The van der Waals surface area contributed by atoms with Crippen molar-refractivity contribution in [2.75, 3.05) is 18.4 Å². The van der Waals surface area contributed by atoms with Crippen LogP contribution in [0.3, 0.4) is 0 Å². The van der Waals surface area contributed by atoms with Gasteiger partial charge in [-0.2, -0.15) is 0 Å². The van der Waals surface area contributed by atoms with Crippen LogP contribution in [0.25, 0.3) is 22.7 Å². The number of halogens is 1. The van der Waals surface area contributed by atoms with E-state index in [0.29, 0.717) is 29.5 Å². The molecule has 0 unspecified atom stereocenters. The molecule has 0 atom stereocenters. The largest absolute Gasteiger partial charge is 0.440 e. The lowest BCUT2D eigenvalue weighted by molar-refractivity contribution is -0.116. The highest BCUT2D eigenvalue weighted by Crippen LogP contribution is 2.30. The standard InChI is InChI=1S/C30H30ClN3O2/c31-25-13-11-23(12-14-25)29-27(36-30(33-29)24-7-3-1-4-8-24)17-18-28(35)32-26-15-9-22(10-16-26)21-34-19-5-2-6-20-34/h1,3-4,7-16H,2,5-6,17-21H2,(H,32,35). The van der Waals surface area contributed by atoms with E-state index < -0.39 is 0 Å². The first kappa shape index (κ1) is 24.3. The number of aromatic nitrogens is 1. The molecule has 1 fully saturated rings. The zero-order chi connectivity index (χ0) is 24.7. The number of hydrogen-bond acceptors (Lipinski definition) is 4. The first-order valence-corrected chi connectivity index (χ1v) is 12.9. The summed E-state index contributed by atoms with van der Waals surface area (Å²) in [5, 5.41) is 3.68. The third-order valence-electron chi connectivity index (χ3n) is 6.51. The SMILES string of the molecule is O=C(CCc1oc(-c2ccccc2)nc1-c1ccc(Cl)cc1)Nc1ccc(CN2CCCCC2)cc1. The second-order valence-electron chi connectivity index (χ2n) is 9.25. The van der Waals surface area contributed by atoms with E-state index in [0.717, 1.165) is 29.1 Å². The summed E-state index contributed by atoms with van der Waals surface area (Å²) in [6, 6.07) is 25.5. The number of oxazole rings is 1. The lowest BCUT2D eigenvalue weighted by atomic mass is 10.1. The van der Waals surface area contributed by atoms with Crippen LogP contribution < -0.4 is 5.32 Å². The highest BCUT2D eigenvalue weighted by Gasteiger charge is 2.18. The Bertz CT molecular complexity index is 1280. The minimum Gasteiger partial charge on any atom is -0.440 e. The van der Waals surface area contributed by atoms with Gasteiger partial charge in [0.25, 0.3) is 0 Å². The predicted molar refractivity (Wildman–Crippen MR) is 145 cm³/mol. The summed E-state index contributed by atoms with van der Waals surface area (Å²) in [5.41, 5.74) is 4.62. The Balaban J connectivity index is 1.24. The number of benzene rings is 3. The fourth-order valence-corrected chi connectivity index (χ4v) is 4.70. The van der Waals surface area contributed by atoms with Gasteiger partial charge in [-0.1, -0.05) is 60.5 Å². The first-order chi connectivity index (χ1) is 17.6. The Hall–Kier alpha value is -3.41. The number of rotatable bonds is 8. The Morgan fingerprint density at radius 2 is 1.61 bits per heavy atom. The topological polar surface area (TPSA) is 58.4 Å². The lowest BCUT2D eigenvalue weighted by Gasteiger charge is -2.26. The Kier molecular flexibility index (Phi) is 7.79. The van der Waals surface area contributed by atoms with Crippen molar-refractivity contribution in [3.63, 3.8) is 0 Å². The van der Waals surface area contributed by atoms with Gasteiger partial charge in [0, 0.05) is 41.2 Å². The number of piperidine rings is 1. The van der Waals surface area contributed by atoms with Crippen LogP contribution in [0.5, 0.6) is 0 Å². The molecule has 184 valence electrons. The molecular weight excluding hydrogens is 470 g/mol. The van der Waals surface area contributed by atoms with Gasteiger partial charge in [-0.3, -0.25) is 9.69 Å². The van der Waals surface area contributed by atoms with Crippen molar-refractivity contribution < 1.29 is 9.21 Å². The van der Waals surface area contributed by atoms with E-state index >= 15 is 0 Å². The van der Waals surface area contributed by atoms with Crippen molar-refractivity contribution in [3.8, 4) is 22.7 Å². The first-order valence-electron chi connectivity index (χ1n) is 12.6. The summed E-state index contributed by atoms with van der Waals surface area (Å²) >= 11 is 6.08. The quantitative estimate of drug-likeness (QED) is 0.278. The van der Waals surface area contributed by atoms with Crippen LogP contribution in [-0.4, -0.2) is 28.9 Å². The number of aryl methyl sites for hydroxylation is 1. The highest BCUT2D eigenvalue weighted by atomic mass is 35.5. The van der Waals surface area contributed by atoms with E-state index in [9.17, 15) is 4.79 Å². The Morgan fingerprint density at radius 3 is 2.33 bits per heavy atom. The van der Waals surface area contributed by atoms with E-state index in [1.165, 1.54) is 37.9 Å². The van der Waals surface area contributed by atoms with Crippen molar-refractivity contribution in [3.05, 3.63) is 95.2 Å². The average molecular weight is 500 g/mol. The van der Waals surface area contributed by atoms with Gasteiger partial charge < -0.3 is 9.73 Å². The number of amides is 1. The molecule has 5 rings (SSSR count). The maximum Gasteiger partial charge on any atom is 0.226 e. The number of likely N-dealkylation sites (tertiary alicyclic amines) is 1. The predicted octanol–water partition coefficient (Wildman–Crippen LogP) is 7.22. The van der Waals surface area contributed by atoms with Crippen LogP contribution >= 0.6 is 11.6 Å². The van der Waals surface area contributed by atoms with Crippen LogP contribution in [0.1, 0.15) is 37.0 Å². The third kappa shape index (κ3) is 6.23. The summed E-state index contributed by atoms with van der Waals surface area (Å²) in [5.74, 6) is 1.17. The molecule has 1 N–H and O–H groups in total. The molecule has 2 heterocycles. The second-order valence-corrected chi connectivity index (χ2v) is 9.68. The van der Waals surface area contributed by atoms with E-state index in [4.69, 9.17) is 21.0 Å². The molecule has 1 amide bonds. The van der Waals surface area contributed by atoms with Crippen LogP contribution in [-0.2, 0) is 17.8 Å². The van der Waals surface area contributed by atoms with E-state index in [1.807, 2.05) is 66.7 Å². The molecule has 4 aromatic rings. The van der Waals surface area contributed by atoms with Gasteiger partial charge in [-0.05, 0) is 67.9 Å². The lowest BCUT2D eigenvalue weighted by Crippen LogP contribution is -2.29. The zero-order valence-electron chi connectivity index (χ0n) is 20.3. The highest BCUT2D eigenvalue weighted by molar-refractivity contribution is 6.30. The fourth-order valence-electron chi connectivity index (χ4n) is 4.58. The molecule has 5 nitrogen and oxygen atoms in total. The number of nitrogens with zero attached hydrogens (tertiary/aromatic N) is 2. The molecule has 3 aromatic carbocycles. The molecule has 6 heteroatoms. The van der Waals surface area contributed by atoms with E-state index in [1.54, 1.807) is 0 Å². The van der Waals surface area contributed by atoms with Crippen LogP contribution in [0.2, 0.25) is 5.02 Å². The smallest absolute Gasteiger partial charge is 0.226 e. The van der Waals surface area contributed by atoms with Gasteiger partial charge in [0.2, 0.25) is 11.8 Å². The minimum absolute atomic E-state index is 0.0569. The number of hydrogen-bond donors (Lipinski definition) is 1. The molecule has 1 saturated heterocycles. The van der Waals surface area contributed by atoms with Gasteiger partial charge in [-0.15, -0.1) is 0 Å². The number of carbonyl (C=O) groups is 1. The normalized spacial score (nSPS) is 14.0. The van der Waals surface area contributed by atoms with E-state index in [2.05, 4.69) is 22.3 Å². The molecule has 0 aliphatic carbocycles. The zero-order valence-corrected chi connectivity index (χ0v) is 21.0. The Morgan fingerprint density at radius 1 is 0.889 bits per heavy atom. The molecule has 0 bridgehead atoms. The maximum absolute atomic E-state index is 12.8. The van der Waals surface area contributed by atoms with Crippen molar-refractivity contribution >= 4 is 23.2 Å². The fraction of sp³-hybridized carbons (Fsp3) is 0.267. The molecule has 0 spiro atoms. The maximum atomic E-state index is 12.8. The number of carbonyl (C=O) groups excluding carboxylic acids is 1. The van der Waals surface area contributed by atoms with Gasteiger partial charge in [0.05, 0.1) is 0 Å². The number of nitrogens with one attached hydrogen (secondary N) is 1.